The van der Waals surface area contributed by atoms with E-state index in [1.807, 2.05) is 0 Å². The molecule has 1 heterocycles. The van der Waals surface area contributed by atoms with Gasteiger partial charge in [0.2, 0.25) is 5.91 Å². The van der Waals surface area contributed by atoms with Gasteiger partial charge in [-0.25, -0.2) is 9.59 Å². The first-order valence-electron chi connectivity index (χ1n) is 5.60. The molecule has 0 aromatic rings. The van der Waals surface area contributed by atoms with Gasteiger partial charge in [0.25, 0.3) is 0 Å². The average molecular weight is 273 g/mol. The van der Waals surface area contributed by atoms with Gasteiger partial charge in [-0.2, -0.15) is 0 Å². The van der Waals surface area contributed by atoms with E-state index in [2.05, 4.69) is 5.32 Å². The predicted octanol–water partition coefficient (Wildman–Crippen LogP) is -1.57. The quantitative estimate of drug-likeness (QED) is 0.475. The number of amides is 3. The lowest BCUT2D eigenvalue weighted by Crippen LogP contribution is -2.48. The van der Waals surface area contributed by atoms with E-state index >= 15 is 0 Å². The predicted molar refractivity (Wildman–Crippen MR) is 61.1 cm³/mol. The third kappa shape index (κ3) is 4.12. The van der Waals surface area contributed by atoms with Gasteiger partial charge in [0.1, 0.15) is 6.04 Å². The maximum atomic E-state index is 11.7. The molecule has 0 aromatic carbocycles. The Bertz CT molecular complexity index is 410. The van der Waals surface area contributed by atoms with Crippen molar-refractivity contribution in [2.24, 2.45) is 11.7 Å². The Hall–Kier alpha value is -2.32. The number of likely N-dealkylation sites (tertiary alicyclic amines) is 1. The first-order valence-corrected chi connectivity index (χ1v) is 5.60. The SMILES string of the molecule is NC(=O)C1CCN(C(=O)N[C@H](CC(=O)O)C(=O)O)C1. The van der Waals surface area contributed by atoms with Crippen molar-refractivity contribution in [3.05, 3.63) is 0 Å². The Morgan fingerprint density at radius 3 is 2.37 bits per heavy atom. The van der Waals surface area contributed by atoms with Crippen molar-refractivity contribution in [1.29, 1.82) is 0 Å². The van der Waals surface area contributed by atoms with Crippen molar-refractivity contribution in [1.82, 2.24) is 10.2 Å². The number of hydrogen-bond donors (Lipinski definition) is 4. The number of nitrogens with one attached hydrogen (secondary N) is 1. The number of rotatable bonds is 5. The van der Waals surface area contributed by atoms with E-state index in [0.29, 0.717) is 6.42 Å². The van der Waals surface area contributed by atoms with Gasteiger partial charge in [-0.05, 0) is 6.42 Å². The number of primary amides is 1. The summed E-state index contributed by atoms with van der Waals surface area (Å²) >= 11 is 0. The van der Waals surface area contributed by atoms with Crippen LogP contribution >= 0.6 is 0 Å². The van der Waals surface area contributed by atoms with E-state index in [1.165, 1.54) is 4.90 Å². The number of carboxylic acids is 2. The van der Waals surface area contributed by atoms with Crippen LogP contribution in [0, 0.1) is 5.92 Å². The zero-order valence-corrected chi connectivity index (χ0v) is 10.0. The van der Waals surface area contributed by atoms with Crippen LogP contribution in [0.1, 0.15) is 12.8 Å². The molecular weight excluding hydrogens is 258 g/mol. The molecule has 1 saturated heterocycles. The van der Waals surface area contributed by atoms with Crippen LogP contribution in [0.5, 0.6) is 0 Å². The summed E-state index contributed by atoms with van der Waals surface area (Å²) in [5.41, 5.74) is 5.11. The molecule has 1 aliphatic rings. The Morgan fingerprint density at radius 1 is 1.32 bits per heavy atom. The van der Waals surface area contributed by atoms with Gasteiger partial charge in [-0.15, -0.1) is 0 Å². The van der Waals surface area contributed by atoms with E-state index in [0.717, 1.165) is 0 Å². The molecular formula is C10H15N3O6. The largest absolute Gasteiger partial charge is 0.481 e. The first kappa shape index (κ1) is 14.7. The molecule has 0 spiro atoms. The van der Waals surface area contributed by atoms with Crippen LogP contribution in [0.25, 0.3) is 0 Å². The zero-order valence-electron chi connectivity index (χ0n) is 10.0. The number of nitrogens with two attached hydrogens (primary N) is 1. The highest BCUT2D eigenvalue weighted by Gasteiger charge is 2.32. The second-order valence-electron chi connectivity index (χ2n) is 4.27. The number of carboxylic acid groups (broad SMARTS) is 2. The van der Waals surface area contributed by atoms with Crippen molar-refractivity contribution in [2.75, 3.05) is 13.1 Å². The molecule has 19 heavy (non-hydrogen) atoms. The van der Waals surface area contributed by atoms with Crippen molar-refractivity contribution in [3.8, 4) is 0 Å². The molecule has 9 nitrogen and oxygen atoms in total. The molecule has 0 bridgehead atoms. The summed E-state index contributed by atoms with van der Waals surface area (Å²) < 4.78 is 0. The Kier molecular flexibility index (Phi) is 4.67. The lowest BCUT2D eigenvalue weighted by atomic mass is 10.1. The summed E-state index contributed by atoms with van der Waals surface area (Å²) in [6.07, 6.45) is -0.298. The van der Waals surface area contributed by atoms with Gasteiger partial charge in [0, 0.05) is 13.1 Å². The van der Waals surface area contributed by atoms with Crippen LogP contribution in [0.2, 0.25) is 0 Å². The fourth-order valence-electron chi connectivity index (χ4n) is 1.79. The molecule has 0 radical (unpaired) electrons. The topological polar surface area (TPSA) is 150 Å². The number of hydrogen-bond acceptors (Lipinski definition) is 4. The molecule has 1 rings (SSSR count). The van der Waals surface area contributed by atoms with E-state index in [4.69, 9.17) is 15.9 Å². The lowest BCUT2D eigenvalue weighted by molar-refractivity contribution is -0.145. The number of nitrogens with zero attached hydrogens (tertiary/aromatic N) is 1. The second-order valence-corrected chi connectivity index (χ2v) is 4.27. The van der Waals surface area contributed by atoms with Crippen molar-refractivity contribution in [2.45, 2.75) is 18.9 Å². The minimum absolute atomic E-state index is 0.112. The summed E-state index contributed by atoms with van der Waals surface area (Å²) in [7, 11) is 0. The van der Waals surface area contributed by atoms with Gasteiger partial charge >= 0.3 is 18.0 Å². The van der Waals surface area contributed by atoms with Crippen molar-refractivity contribution >= 4 is 23.9 Å². The van der Waals surface area contributed by atoms with E-state index in [1.54, 1.807) is 0 Å². The Balaban J connectivity index is 2.56. The monoisotopic (exact) mass is 273 g/mol. The third-order valence-electron chi connectivity index (χ3n) is 2.85. The summed E-state index contributed by atoms with van der Waals surface area (Å²) in [5, 5.41) is 19.4. The molecule has 0 aromatic heterocycles. The fraction of sp³-hybridized carbons (Fsp3) is 0.600. The van der Waals surface area contributed by atoms with Crippen LogP contribution in [-0.2, 0) is 14.4 Å². The van der Waals surface area contributed by atoms with Gasteiger partial charge in [-0.1, -0.05) is 0 Å². The molecule has 1 fully saturated rings. The molecule has 9 heteroatoms. The third-order valence-corrected chi connectivity index (χ3v) is 2.85. The van der Waals surface area contributed by atoms with Crippen molar-refractivity contribution in [3.63, 3.8) is 0 Å². The van der Waals surface area contributed by atoms with Crippen LogP contribution in [0.4, 0.5) is 4.79 Å². The summed E-state index contributed by atoms with van der Waals surface area (Å²) in [4.78, 5) is 45.2. The second kappa shape index (κ2) is 6.03. The molecule has 1 unspecified atom stereocenters. The van der Waals surface area contributed by atoms with E-state index in [-0.39, 0.29) is 13.1 Å². The molecule has 0 aliphatic carbocycles. The molecule has 5 N–H and O–H groups in total. The van der Waals surface area contributed by atoms with Crippen LogP contribution in [0.3, 0.4) is 0 Å². The summed E-state index contributed by atoms with van der Waals surface area (Å²) in [5.74, 6) is -3.73. The normalized spacial score (nSPS) is 19.8. The summed E-state index contributed by atoms with van der Waals surface area (Å²) in [6.45, 7) is 0.388. The number of urea groups is 1. The fourth-order valence-corrected chi connectivity index (χ4v) is 1.79. The number of carbonyl (C=O) groups is 4. The van der Waals surface area contributed by atoms with E-state index in [9.17, 15) is 19.2 Å². The maximum Gasteiger partial charge on any atom is 0.326 e. The minimum Gasteiger partial charge on any atom is -0.481 e. The zero-order chi connectivity index (χ0) is 14.6. The maximum absolute atomic E-state index is 11.7. The lowest BCUT2D eigenvalue weighted by Gasteiger charge is -2.19. The highest BCUT2D eigenvalue weighted by Crippen LogP contribution is 2.15. The van der Waals surface area contributed by atoms with Gasteiger partial charge in [0.05, 0.1) is 12.3 Å². The molecule has 3 amide bonds. The molecule has 2 atom stereocenters. The van der Waals surface area contributed by atoms with Crippen LogP contribution in [-0.4, -0.2) is 58.1 Å². The van der Waals surface area contributed by atoms with E-state index < -0.39 is 42.3 Å². The summed E-state index contributed by atoms with van der Waals surface area (Å²) in [6, 6.07) is -2.21. The van der Waals surface area contributed by atoms with Gasteiger partial charge in [-0.3, -0.25) is 9.59 Å². The smallest absolute Gasteiger partial charge is 0.326 e. The first-order chi connectivity index (χ1) is 8.81. The van der Waals surface area contributed by atoms with Crippen LogP contribution < -0.4 is 11.1 Å². The average Bonchev–Trinajstić information content (AvgIpc) is 2.76. The highest BCUT2D eigenvalue weighted by molar-refractivity contribution is 5.86. The Morgan fingerprint density at radius 2 is 1.95 bits per heavy atom. The number of aliphatic carboxylic acids is 2. The van der Waals surface area contributed by atoms with Gasteiger partial charge in [0.15, 0.2) is 0 Å². The molecule has 1 aliphatic heterocycles. The molecule has 0 saturated carbocycles. The molecule has 106 valence electrons. The highest BCUT2D eigenvalue weighted by atomic mass is 16.4. The van der Waals surface area contributed by atoms with Crippen LogP contribution in [0.15, 0.2) is 0 Å². The number of carbonyl (C=O) groups excluding carboxylic acids is 2. The standard InChI is InChI=1S/C10H15N3O6/c11-8(16)5-1-2-13(4-5)10(19)12-6(9(17)18)3-7(14)15/h5-6H,1-4H2,(H2,11,16)(H,12,19)(H,14,15)(H,17,18)/t5?,6-/m1/s1. The van der Waals surface area contributed by atoms with Gasteiger partial charge < -0.3 is 26.2 Å². The minimum atomic E-state index is -1.50. The van der Waals surface area contributed by atoms with Crippen molar-refractivity contribution < 1.29 is 29.4 Å². The Labute approximate surface area is 108 Å².